The van der Waals surface area contributed by atoms with Gasteiger partial charge in [0.15, 0.2) is 5.89 Å². The Hall–Kier alpha value is -8.56. The molecule has 0 aliphatic heterocycles. The maximum atomic E-state index is 4.72. The summed E-state index contributed by atoms with van der Waals surface area (Å²) < 4.78 is 8.33. The highest BCUT2D eigenvalue weighted by Crippen LogP contribution is 2.08. The van der Waals surface area contributed by atoms with Crippen molar-refractivity contribution in [1.82, 2.24) is 89.3 Å². The van der Waals surface area contributed by atoms with E-state index in [1.165, 1.54) is 16.8 Å². The Balaban J connectivity index is 0.000000418. The largest absolute Gasteiger partial charge is 0.449 e. The highest BCUT2D eigenvalue weighted by molar-refractivity contribution is 7.11. The van der Waals surface area contributed by atoms with Crippen LogP contribution in [0.3, 0.4) is 0 Å². The van der Waals surface area contributed by atoms with Crippen LogP contribution in [0.2, 0.25) is 0 Å². The van der Waals surface area contributed by atoms with Crippen molar-refractivity contribution in [3.63, 3.8) is 0 Å². The Bertz CT molecular complexity index is 2600. The zero-order chi connectivity index (χ0) is 56.2. The summed E-state index contributed by atoms with van der Waals surface area (Å²) in [6, 6.07) is 15.5. The molecule has 0 radical (unpaired) electrons. The normalized spacial score (nSPS) is 8.99. The molecule has 19 nitrogen and oxygen atoms in total. The molecule has 0 bridgehead atoms. The molecule has 11 aromatic heterocycles. The van der Waals surface area contributed by atoms with Crippen LogP contribution in [0.5, 0.6) is 0 Å². The Morgan fingerprint density at radius 3 is 1.36 bits per heavy atom. The maximum Gasteiger partial charge on any atom is 0.190 e. The van der Waals surface area contributed by atoms with E-state index in [0.717, 1.165) is 61.7 Å². The summed E-state index contributed by atoms with van der Waals surface area (Å²) >= 11 is 3.40. The average Bonchev–Trinajstić information content (AvgIpc) is 4.31. The molecule has 0 saturated heterocycles. The first-order valence-electron chi connectivity index (χ1n) is 23.5. The SMILES string of the molecule is Cc1ccc(C)nc1.Cc1ccccn1.Cc1cccnn1.Cc1cnc(C)cn1.Cc1cnc(C)s1.Cc1cnccn1.Cc1ncccn1.Cc1nccn1C.Cc1ncco1.Cc1nccs1.Cn1cncn1. The minimum atomic E-state index is 0.718. The van der Waals surface area contributed by atoms with Gasteiger partial charge in [0.1, 0.15) is 30.6 Å². The number of hydrogen-bond donors (Lipinski definition) is 0. The molecule has 76 heavy (non-hydrogen) atoms. The summed E-state index contributed by atoms with van der Waals surface area (Å²) in [5.74, 6) is 2.59. The zero-order valence-corrected chi connectivity index (χ0v) is 48.0. The maximum absolute atomic E-state index is 4.72. The molecule has 0 atom stereocenters. The first-order valence-corrected chi connectivity index (χ1v) is 25.2. The lowest BCUT2D eigenvalue weighted by Crippen LogP contribution is -1.86. The summed E-state index contributed by atoms with van der Waals surface area (Å²) in [7, 11) is 3.80. The van der Waals surface area contributed by atoms with E-state index in [0.29, 0.717) is 0 Å². The topological polar surface area (TPSA) is 229 Å². The van der Waals surface area contributed by atoms with Gasteiger partial charge in [-0.25, -0.2) is 29.9 Å². The number of thiazole rings is 2. The average molecular weight is 1070 g/mol. The second-order valence-corrected chi connectivity index (χ2v) is 18.0. The van der Waals surface area contributed by atoms with Gasteiger partial charge in [0.05, 0.1) is 39.0 Å². The first-order chi connectivity index (χ1) is 36.4. The second-order valence-electron chi connectivity index (χ2n) is 15.5. The molecule has 0 spiro atoms. The fourth-order valence-corrected chi connectivity index (χ4v) is 5.45. The molecule has 0 N–H and O–H groups in total. The van der Waals surface area contributed by atoms with E-state index < -0.39 is 0 Å². The van der Waals surface area contributed by atoms with Crippen molar-refractivity contribution in [3.05, 3.63) is 238 Å². The van der Waals surface area contributed by atoms with Crippen molar-refractivity contribution in [3.8, 4) is 0 Å². The lowest BCUT2D eigenvalue weighted by atomic mass is 10.3. The first kappa shape index (κ1) is 65.5. The van der Waals surface area contributed by atoms with Crippen LogP contribution < -0.4 is 0 Å². The van der Waals surface area contributed by atoms with E-state index in [1.807, 2.05) is 155 Å². The molecule has 0 saturated carbocycles. The molecule has 21 heteroatoms. The van der Waals surface area contributed by atoms with E-state index in [-0.39, 0.29) is 0 Å². The summed E-state index contributed by atoms with van der Waals surface area (Å²) in [5, 5.41) is 15.3. The van der Waals surface area contributed by atoms with Gasteiger partial charge in [-0.1, -0.05) is 12.1 Å². The van der Waals surface area contributed by atoms with Gasteiger partial charge in [-0.15, -0.1) is 22.7 Å². The van der Waals surface area contributed by atoms with Gasteiger partial charge in [-0.2, -0.15) is 15.3 Å². The lowest BCUT2D eigenvalue weighted by Gasteiger charge is -1.89. The van der Waals surface area contributed by atoms with E-state index in [9.17, 15) is 0 Å². The van der Waals surface area contributed by atoms with Crippen molar-refractivity contribution < 1.29 is 4.42 Å². The molecule has 0 aromatic carbocycles. The Kier molecular flexibility index (Phi) is 36.1. The minimum Gasteiger partial charge on any atom is -0.449 e. The Morgan fingerprint density at radius 1 is 0.461 bits per heavy atom. The van der Waals surface area contributed by atoms with Crippen LogP contribution in [0.1, 0.15) is 72.2 Å². The number of pyridine rings is 2. The monoisotopic (exact) mass is 1060 g/mol. The van der Waals surface area contributed by atoms with Crippen LogP contribution in [0, 0.1) is 90.0 Å². The molecule has 0 aliphatic rings. The molecule has 0 aliphatic carbocycles. The third-order valence-corrected chi connectivity index (χ3v) is 9.85. The van der Waals surface area contributed by atoms with Crippen molar-refractivity contribution in [2.24, 2.45) is 14.1 Å². The fraction of sp³-hybridized carbons (Fsp3) is 0.273. The van der Waals surface area contributed by atoms with Gasteiger partial charge >= 0.3 is 0 Å². The van der Waals surface area contributed by atoms with E-state index in [4.69, 9.17) is 4.42 Å². The standard InChI is InChI=1S/C7H9N.C6H8N2.C6H7N.C5H8N2.3C5H6N2.C5H7NS.C4H5NO.C4H5NS.C3H5N3/c1-6-3-4-7(2)8-5-6;1-5-3-8-6(2)4-7-5;1-6-4-2-3-5-7-6;1-5-6-3-4-7(5)2;1-5-4-6-2-3-7-5;1-5-6-3-2-4-7-5;1-5-3-2-4-6-7-5;1-4-3-6-5(2)7-4;2*1-4-5-2-3-6-4;1-6-3-4-2-5-6/h3-5H,1-2H3;3-4H,1-2H3;2-5H,1H3;3-4H,1-2H3;3*2-4H,1H3;3H,1-2H3;3*2-3H,1H3. The molecule has 11 heterocycles. The number of nitrogens with zero attached hydrogens (tertiary/aromatic N) is 18. The van der Waals surface area contributed by atoms with Crippen LogP contribution in [-0.2, 0) is 14.1 Å². The minimum absolute atomic E-state index is 0.718. The Morgan fingerprint density at radius 2 is 1.12 bits per heavy atom. The van der Waals surface area contributed by atoms with Crippen LogP contribution in [0.4, 0.5) is 0 Å². The summed E-state index contributed by atoms with van der Waals surface area (Å²) in [5.41, 5.74) is 7.23. The van der Waals surface area contributed by atoms with Crippen molar-refractivity contribution >= 4 is 22.7 Å². The smallest absolute Gasteiger partial charge is 0.190 e. The summed E-state index contributed by atoms with van der Waals surface area (Å²) in [4.78, 5) is 52.2. The lowest BCUT2D eigenvalue weighted by molar-refractivity contribution is 0.521. The number of oxazole rings is 1. The van der Waals surface area contributed by atoms with Crippen molar-refractivity contribution in [2.45, 2.75) is 90.0 Å². The van der Waals surface area contributed by atoms with Crippen LogP contribution in [-0.4, -0.2) is 89.3 Å². The highest BCUT2D eigenvalue weighted by atomic mass is 32.1. The second kappa shape index (κ2) is 41.9. The molecule has 400 valence electrons. The van der Waals surface area contributed by atoms with Gasteiger partial charge in [0.2, 0.25) is 0 Å². The van der Waals surface area contributed by atoms with E-state index in [1.54, 1.807) is 127 Å². The number of aryl methyl sites for hydroxylation is 15. The third kappa shape index (κ3) is 39.0. The molecule has 11 aromatic rings. The van der Waals surface area contributed by atoms with Gasteiger partial charge in [-0.05, 0) is 125 Å². The van der Waals surface area contributed by atoms with Crippen LogP contribution in [0.25, 0.3) is 0 Å². The van der Waals surface area contributed by atoms with E-state index in [2.05, 4.69) is 93.1 Å². The Labute approximate surface area is 456 Å². The fourth-order valence-electron chi connectivity index (χ4n) is 4.34. The van der Waals surface area contributed by atoms with Gasteiger partial charge in [0.25, 0.3) is 0 Å². The molecule has 0 amide bonds. The predicted molar refractivity (Wildman–Crippen MR) is 303 cm³/mol. The van der Waals surface area contributed by atoms with E-state index >= 15 is 0 Å². The van der Waals surface area contributed by atoms with Gasteiger partial charge in [0, 0.05) is 129 Å². The van der Waals surface area contributed by atoms with Crippen LogP contribution >= 0.6 is 22.7 Å². The quantitative estimate of drug-likeness (QED) is 0.137. The van der Waals surface area contributed by atoms with Gasteiger partial charge in [-0.3, -0.25) is 39.6 Å². The molecular weight excluding hydrogens is 993 g/mol. The number of imidazole rings is 1. The van der Waals surface area contributed by atoms with Crippen molar-refractivity contribution in [2.75, 3.05) is 0 Å². The number of hydrogen-bond acceptors (Lipinski definition) is 19. The number of aromatic nitrogens is 18. The number of rotatable bonds is 0. The highest BCUT2D eigenvalue weighted by Gasteiger charge is 1.87. The third-order valence-electron chi connectivity index (χ3n) is 8.32. The summed E-state index contributed by atoms with van der Waals surface area (Å²) in [6.45, 7) is 25.4. The molecule has 0 fully saturated rings. The van der Waals surface area contributed by atoms with Gasteiger partial charge < -0.3 is 8.98 Å². The molecule has 0 unspecified atom stereocenters. The summed E-state index contributed by atoms with van der Waals surface area (Å²) in [6.07, 6.45) is 31.1. The van der Waals surface area contributed by atoms with Crippen molar-refractivity contribution in [1.29, 1.82) is 0 Å². The predicted octanol–water partition coefficient (Wildman–Crippen LogP) is 11.3. The zero-order valence-electron chi connectivity index (χ0n) is 46.4. The molecule has 11 rings (SSSR count). The van der Waals surface area contributed by atoms with Crippen LogP contribution in [0.15, 0.2) is 170 Å². The molecular formula is C55H72N18OS2.